The Labute approximate surface area is 106 Å². The minimum Gasteiger partial charge on any atom is -0.508 e. The van der Waals surface area contributed by atoms with E-state index < -0.39 is 0 Å². The van der Waals surface area contributed by atoms with Crippen molar-refractivity contribution in [2.75, 3.05) is 12.4 Å². The van der Waals surface area contributed by atoms with Gasteiger partial charge in [-0.25, -0.2) is 0 Å². The summed E-state index contributed by atoms with van der Waals surface area (Å²) < 4.78 is 0. The van der Waals surface area contributed by atoms with Crippen molar-refractivity contribution < 1.29 is 10.2 Å². The molecule has 0 saturated carbocycles. The van der Waals surface area contributed by atoms with Crippen LogP contribution in [0.1, 0.15) is 5.56 Å². The highest BCUT2D eigenvalue weighted by Crippen LogP contribution is 2.20. The first-order chi connectivity index (χ1) is 8.67. The van der Waals surface area contributed by atoms with Crippen molar-refractivity contribution in [3.05, 3.63) is 54.1 Å². The second-order valence-electron chi connectivity index (χ2n) is 3.50. The molecule has 0 unspecified atom stereocenters. The predicted octanol–water partition coefficient (Wildman–Crippen LogP) is 2.82. The second-order valence-corrected chi connectivity index (χ2v) is 3.50. The SMILES string of the molecule is CNc1ccccc1.N=Cc1ccc(O)cc1O. The standard InChI is InChI=1S/C7H7NO2.C7H9N/c8-4-5-1-2-6(9)3-7(5)10;1-8-7-5-3-2-4-6-7/h1-4,8-10H;2-6,8H,1H3. The van der Waals surface area contributed by atoms with Crippen LogP contribution in [0.4, 0.5) is 5.69 Å². The predicted molar refractivity (Wildman–Crippen MR) is 73.6 cm³/mol. The van der Waals surface area contributed by atoms with E-state index in [-0.39, 0.29) is 11.5 Å². The van der Waals surface area contributed by atoms with Crippen molar-refractivity contribution in [2.45, 2.75) is 0 Å². The van der Waals surface area contributed by atoms with Crippen LogP contribution in [0.3, 0.4) is 0 Å². The molecule has 0 aliphatic rings. The van der Waals surface area contributed by atoms with Crippen LogP contribution in [0, 0.1) is 5.41 Å². The lowest BCUT2D eigenvalue weighted by molar-refractivity contribution is 0.450. The quantitative estimate of drug-likeness (QED) is 0.613. The molecule has 0 aliphatic carbocycles. The van der Waals surface area contributed by atoms with Gasteiger partial charge < -0.3 is 20.9 Å². The molecule has 2 aromatic rings. The van der Waals surface area contributed by atoms with Gasteiger partial charge in [-0.1, -0.05) is 18.2 Å². The van der Waals surface area contributed by atoms with Gasteiger partial charge in [0.25, 0.3) is 0 Å². The number of phenolic OH excluding ortho intramolecular Hbond substituents is 2. The van der Waals surface area contributed by atoms with Gasteiger partial charge in [0.05, 0.1) is 0 Å². The highest BCUT2D eigenvalue weighted by Gasteiger charge is 1.96. The van der Waals surface area contributed by atoms with E-state index in [9.17, 15) is 0 Å². The van der Waals surface area contributed by atoms with Gasteiger partial charge in [0.15, 0.2) is 0 Å². The molecule has 4 N–H and O–H groups in total. The third-order valence-electron chi connectivity index (χ3n) is 2.23. The Morgan fingerprint density at radius 3 is 2.17 bits per heavy atom. The van der Waals surface area contributed by atoms with E-state index in [2.05, 4.69) is 5.32 Å². The minimum atomic E-state index is -0.0741. The first-order valence-electron chi connectivity index (χ1n) is 5.42. The molecule has 0 spiro atoms. The van der Waals surface area contributed by atoms with Crippen molar-refractivity contribution in [1.82, 2.24) is 0 Å². The Kier molecular flexibility index (Phi) is 5.25. The lowest BCUT2D eigenvalue weighted by atomic mass is 10.2. The van der Waals surface area contributed by atoms with Gasteiger partial charge in [0.1, 0.15) is 11.5 Å². The number of para-hydroxylation sites is 1. The van der Waals surface area contributed by atoms with Crippen molar-refractivity contribution >= 4 is 11.9 Å². The van der Waals surface area contributed by atoms with Crippen LogP contribution in [0.15, 0.2) is 48.5 Å². The zero-order chi connectivity index (χ0) is 13.4. The lowest BCUT2D eigenvalue weighted by Gasteiger charge is -1.96. The van der Waals surface area contributed by atoms with E-state index in [1.807, 2.05) is 37.4 Å². The summed E-state index contributed by atoms with van der Waals surface area (Å²) in [6, 6.07) is 14.1. The van der Waals surface area contributed by atoms with Crippen LogP contribution >= 0.6 is 0 Å². The maximum absolute atomic E-state index is 8.98. The van der Waals surface area contributed by atoms with E-state index in [0.717, 1.165) is 11.9 Å². The molecule has 0 fully saturated rings. The maximum Gasteiger partial charge on any atom is 0.128 e. The molecule has 0 amide bonds. The van der Waals surface area contributed by atoms with Gasteiger partial charge in [-0.3, -0.25) is 0 Å². The highest BCUT2D eigenvalue weighted by molar-refractivity contribution is 5.81. The van der Waals surface area contributed by atoms with E-state index in [4.69, 9.17) is 15.6 Å². The van der Waals surface area contributed by atoms with Gasteiger partial charge in [0.2, 0.25) is 0 Å². The largest absolute Gasteiger partial charge is 0.508 e. The van der Waals surface area contributed by atoms with Gasteiger partial charge in [-0.15, -0.1) is 0 Å². The van der Waals surface area contributed by atoms with Crippen LogP contribution in [0.25, 0.3) is 0 Å². The molecular formula is C14H16N2O2. The molecule has 0 atom stereocenters. The van der Waals surface area contributed by atoms with Gasteiger partial charge in [-0.05, 0) is 24.3 Å². The molecule has 0 aliphatic heterocycles. The molecule has 2 rings (SSSR count). The molecular weight excluding hydrogens is 228 g/mol. The second kappa shape index (κ2) is 6.96. The first kappa shape index (κ1) is 13.6. The fourth-order valence-corrected chi connectivity index (χ4v) is 1.26. The highest BCUT2D eigenvalue weighted by atomic mass is 16.3. The summed E-state index contributed by atoms with van der Waals surface area (Å²) in [6.07, 6.45) is 1.02. The van der Waals surface area contributed by atoms with Crippen molar-refractivity contribution in [3.63, 3.8) is 0 Å². The molecule has 94 valence electrons. The van der Waals surface area contributed by atoms with E-state index in [1.54, 1.807) is 0 Å². The third-order valence-corrected chi connectivity index (χ3v) is 2.23. The zero-order valence-electron chi connectivity index (χ0n) is 10.1. The molecule has 2 aromatic carbocycles. The van der Waals surface area contributed by atoms with E-state index in [0.29, 0.717) is 5.56 Å². The third kappa shape index (κ3) is 4.17. The fourth-order valence-electron chi connectivity index (χ4n) is 1.26. The Morgan fingerprint density at radius 2 is 1.72 bits per heavy atom. The van der Waals surface area contributed by atoms with Gasteiger partial charge in [0, 0.05) is 30.6 Å². The van der Waals surface area contributed by atoms with Crippen LogP contribution < -0.4 is 5.32 Å². The average molecular weight is 244 g/mol. The van der Waals surface area contributed by atoms with E-state index >= 15 is 0 Å². The number of anilines is 1. The lowest BCUT2D eigenvalue weighted by Crippen LogP contribution is -1.84. The Hall–Kier alpha value is -2.49. The molecule has 4 heteroatoms. The number of hydrogen-bond acceptors (Lipinski definition) is 4. The van der Waals surface area contributed by atoms with Crippen molar-refractivity contribution in [2.24, 2.45) is 0 Å². The summed E-state index contributed by atoms with van der Waals surface area (Å²) in [4.78, 5) is 0. The molecule has 0 bridgehead atoms. The van der Waals surface area contributed by atoms with Crippen LogP contribution in [0.2, 0.25) is 0 Å². The topological polar surface area (TPSA) is 76.3 Å². The molecule has 0 saturated heterocycles. The van der Waals surface area contributed by atoms with Crippen LogP contribution in [-0.4, -0.2) is 23.5 Å². The van der Waals surface area contributed by atoms with Crippen LogP contribution in [-0.2, 0) is 0 Å². The summed E-state index contributed by atoms with van der Waals surface area (Å²) in [5.74, 6) is -0.0712. The van der Waals surface area contributed by atoms with Crippen molar-refractivity contribution in [3.8, 4) is 11.5 Å². The number of rotatable bonds is 2. The summed E-state index contributed by atoms with van der Waals surface area (Å²) in [6.45, 7) is 0. The molecule has 18 heavy (non-hydrogen) atoms. The number of nitrogens with one attached hydrogen (secondary N) is 2. The fraction of sp³-hybridized carbons (Fsp3) is 0.0714. The molecule has 0 heterocycles. The smallest absolute Gasteiger partial charge is 0.128 e. The van der Waals surface area contributed by atoms with Gasteiger partial charge >= 0.3 is 0 Å². The average Bonchev–Trinajstić information content (AvgIpc) is 2.40. The Balaban J connectivity index is 0.000000184. The van der Waals surface area contributed by atoms with Crippen LogP contribution in [0.5, 0.6) is 11.5 Å². The summed E-state index contributed by atoms with van der Waals surface area (Å²) in [7, 11) is 1.91. The summed E-state index contributed by atoms with van der Waals surface area (Å²) >= 11 is 0. The Bertz CT molecular complexity index is 498. The number of benzene rings is 2. The first-order valence-corrected chi connectivity index (χ1v) is 5.42. The summed E-state index contributed by atoms with van der Waals surface area (Å²) in [5.41, 5.74) is 1.56. The minimum absolute atomic E-state index is 0.00287. The van der Waals surface area contributed by atoms with Gasteiger partial charge in [-0.2, -0.15) is 0 Å². The number of phenols is 2. The molecule has 0 radical (unpaired) electrons. The molecule has 4 nitrogen and oxygen atoms in total. The van der Waals surface area contributed by atoms with Crippen molar-refractivity contribution in [1.29, 1.82) is 5.41 Å². The number of aromatic hydroxyl groups is 2. The number of hydrogen-bond donors (Lipinski definition) is 4. The molecule has 0 aromatic heterocycles. The Morgan fingerprint density at radius 1 is 1.06 bits per heavy atom. The zero-order valence-corrected chi connectivity index (χ0v) is 10.1. The normalized spacial score (nSPS) is 8.94. The summed E-state index contributed by atoms with van der Waals surface area (Å²) in [5, 5.41) is 27.6. The monoisotopic (exact) mass is 244 g/mol. The maximum atomic E-state index is 8.98. The van der Waals surface area contributed by atoms with E-state index in [1.165, 1.54) is 18.2 Å².